The second kappa shape index (κ2) is 5.69. The van der Waals surface area contributed by atoms with Crippen LogP contribution in [-0.2, 0) is 13.1 Å². The highest BCUT2D eigenvalue weighted by Crippen LogP contribution is 2.20. The lowest BCUT2D eigenvalue weighted by molar-refractivity contribution is 0.408. The molecule has 0 amide bonds. The van der Waals surface area contributed by atoms with Gasteiger partial charge in [0.15, 0.2) is 0 Å². The fourth-order valence-electron chi connectivity index (χ4n) is 1.99. The number of aromatic nitrogens is 2. The minimum Gasteiger partial charge on any atom is -0.496 e. The highest BCUT2D eigenvalue weighted by Gasteiger charge is 2.05. The smallest absolute Gasteiger partial charge is 0.123 e. The van der Waals surface area contributed by atoms with Gasteiger partial charge in [0.2, 0.25) is 0 Å². The number of nitrogens with one attached hydrogen (secondary N) is 1. The minimum absolute atomic E-state index is 0.779. The van der Waals surface area contributed by atoms with Crippen molar-refractivity contribution in [2.45, 2.75) is 20.0 Å². The number of nitrogens with zero attached hydrogens (tertiary/aromatic N) is 2. The lowest BCUT2D eigenvalue weighted by Gasteiger charge is -2.09. The van der Waals surface area contributed by atoms with E-state index in [-0.39, 0.29) is 0 Å². The summed E-state index contributed by atoms with van der Waals surface area (Å²) in [7, 11) is 3.62. The summed E-state index contributed by atoms with van der Waals surface area (Å²) in [4.78, 5) is 4.34. The molecule has 1 N–H and O–H groups in total. The van der Waals surface area contributed by atoms with Crippen molar-refractivity contribution in [3.63, 3.8) is 0 Å². The van der Waals surface area contributed by atoms with Gasteiger partial charge in [0.1, 0.15) is 5.75 Å². The fraction of sp³-hybridized carbons (Fsp3) is 0.357. The van der Waals surface area contributed by atoms with Gasteiger partial charge in [-0.15, -0.1) is 0 Å². The molecule has 2 aromatic rings. The maximum absolute atomic E-state index is 5.38. The van der Waals surface area contributed by atoms with Crippen LogP contribution >= 0.6 is 0 Å². The number of methoxy groups -OCH3 is 1. The van der Waals surface area contributed by atoms with Gasteiger partial charge in [0.25, 0.3) is 0 Å². The van der Waals surface area contributed by atoms with Crippen molar-refractivity contribution in [3.8, 4) is 5.75 Å². The summed E-state index contributed by atoms with van der Waals surface area (Å²) in [6, 6.07) is 6.22. The molecule has 0 radical (unpaired) electrons. The topological polar surface area (TPSA) is 39.1 Å². The molecule has 1 aromatic heterocycles. The van der Waals surface area contributed by atoms with E-state index < -0.39 is 0 Å². The number of imidazole rings is 1. The molecule has 0 spiro atoms. The molecule has 96 valence electrons. The van der Waals surface area contributed by atoms with Crippen molar-refractivity contribution in [1.29, 1.82) is 0 Å². The molecular formula is C14H19N3O. The van der Waals surface area contributed by atoms with Gasteiger partial charge in [-0.1, -0.05) is 17.7 Å². The zero-order valence-corrected chi connectivity index (χ0v) is 11.1. The first-order valence-electron chi connectivity index (χ1n) is 6.01. The average Bonchev–Trinajstić information content (AvgIpc) is 2.77. The van der Waals surface area contributed by atoms with Gasteiger partial charge in [-0.2, -0.15) is 0 Å². The molecule has 0 fully saturated rings. The predicted molar refractivity (Wildman–Crippen MR) is 71.8 cm³/mol. The van der Waals surface area contributed by atoms with E-state index in [4.69, 9.17) is 4.74 Å². The van der Waals surface area contributed by atoms with Crippen LogP contribution in [0.4, 0.5) is 0 Å². The molecule has 0 saturated heterocycles. The van der Waals surface area contributed by atoms with E-state index in [1.165, 1.54) is 11.1 Å². The van der Waals surface area contributed by atoms with Gasteiger partial charge in [0.05, 0.1) is 25.7 Å². The van der Waals surface area contributed by atoms with Crippen LogP contribution in [0.2, 0.25) is 0 Å². The maximum atomic E-state index is 5.38. The fourth-order valence-corrected chi connectivity index (χ4v) is 1.99. The molecule has 0 aliphatic rings. The van der Waals surface area contributed by atoms with Crippen molar-refractivity contribution < 1.29 is 4.74 Å². The molecule has 0 atom stereocenters. The van der Waals surface area contributed by atoms with Crippen molar-refractivity contribution in [1.82, 2.24) is 14.9 Å². The summed E-state index contributed by atoms with van der Waals surface area (Å²) in [5.74, 6) is 0.921. The van der Waals surface area contributed by atoms with E-state index in [0.29, 0.717) is 0 Å². The van der Waals surface area contributed by atoms with Crippen molar-refractivity contribution >= 4 is 0 Å². The lowest BCUT2D eigenvalue weighted by atomic mass is 10.1. The first-order chi connectivity index (χ1) is 8.72. The SMILES string of the molecule is CNCc1cn(Cc2cc(C)ccc2OC)cn1. The van der Waals surface area contributed by atoms with Gasteiger partial charge in [-0.3, -0.25) is 0 Å². The molecule has 0 bridgehead atoms. The molecule has 18 heavy (non-hydrogen) atoms. The van der Waals surface area contributed by atoms with Crippen LogP contribution in [0, 0.1) is 6.92 Å². The standard InChI is InChI=1S/C14H19N3O/c1-11-4-5-14(18-3)12(6-11)8-17-9-13(7-15-2)16-10-17/h4-6,9-10,15H,7-8H2,1-3H3. The van der Waals surface area contributed by atoms with Gasteiger partial charge in [-0.05, 0) is 20.0 Å². The van der Waals surface area contributed by atoms with Crippen molar-refractivity contribution in [2.75, 3.05) is 14.2 Å². The van der Waals surface area contributed by atoms with Crippen LogP contribution in [0.3, 0.4) is 0 Å². The molecule has 0 aliphatic carbocycles. The first-order valence-corrected chi connectivity index (χ1v) is 6.01. The van der Waals surface area contributed by atoms with Gasteiger partial charge in [0, 0.05) is 18.3 Å². The van der Waals surface area contributed by atoms with E-state index >= 15 is 0 Å². The summed E-state index contributed by atoms with van der Waals surface area (Å²) in [6.45, 7) is 3.66. The Morgan fingerprint density at radius 1 is 1.39 bits per heavy atom. The summed E-state index contributed by atoms with van der Waals surface area (Å²) in [5, 5.41) is 3.09. The first kappa shape index (κ1) is 12.6. The molecule has 1 aromatic carbocycles. The number of hydrogen-bond acceptors (Lipinski definition) is 3. The Kier molecular flexibility index (Phi) is 3.99. The van der Waals surface area contributed by atoms with Crippen LogP contribution in [0.5, 0.6) is 5.75 Å². The largest absolute Gasteiger partial charge is 0.496 e. The van der Waals surface area contributed by atoms with Gasteiger partial charge < -0.3 is 14.6 Å². The molecule has 0 saturated carbocycles. The molecule has 0 aliphatic heterocycles. The monoisotopic (exact) mass is 245 g/mol. The van der Waals surface area contributed by atoms with Gasteiger partial charge >= 0.3 is 0 Å². The number of benzene rings is 1. The number of hydrogen-bond donors (Lipinski definition) is 1. The predicted octanol–water partition coefficient (Wildman–Crippen LogP) is 1.97. The lowest BCUT2D eigenvalue weighted by Crippen LogP contribution is -2.05. The maximum Gasteiger partial charge on any atom is 0.123 e. The van der Waals surface area contributed by atoms with Crippen molar-refractivity contribution in [2.24, 2.45) is 0 Å². The summed E-state index contributed by atoms with van der Waals surface area (Å²) < 4.78 is 7.45. The average molecular weight is 245 g/mol. The van der Waals surface area contributed by atoms with Crippen LogP contribution in [-0.4, -0.2) is 23.7 Å². The summed E-state index contributed by atoms with van der Waals surface area (Å²) in [5.41, 5.74) is 3.45. The summed E-state index contributed by atoms with van der Waals surface area (Å²) >= 11 is 0. The van der Waals surface area contributed by atoms with E-state index in [0.717, 1.165) is 24.5 Å². The summed E-state index contributed by atoms with van der Waals surface area (Å²) in [6.07, 6.45) is 3.91. The third-order valence-corrected chi connectivity index (χ3v) is 2.83. The third-order valence-electron chi connectivity index (χ3n) is 2.83. The molecule has 4 heteroatoms. The van der Waals surface area contributed by atoms with Crippen LogP contribution in [0.25, 0.3) is 0 Å². The Hall–Kier alpha value is -1.81. The Morgan fingerprint density at radius 3 is 2.94 bits per heavy atom. The molecule has 0 unspecified atom stereocenters. The van der Waals surface area contributed by atoms with Gasteiger partial charge in [-0.25, -0.2) is 4.98 Å². The Morgan fingerprint density at radius 2 is 2.22 bits per heavy atom. The Balaban J connectivity index is 2.19. The zero-order chi connectivity index (χ0) is 13.0. The quantitative estimate of drug-likeness (QED) is 0.875. The number of aryl methyl sites for hydroxylation is 1. The van der Waals surface area contributed by atoms with E-state index in [2.05, 4.69) is 40.1 Å². The van der Waals surface area contributed by atoms with E-state index in [1.54, 1.807) is 7.11 Å². The van der Waals surface area contributed by atoms with Crippen LogP contribution < -0.4 is 10.1 Å². The molecule has 2 rings (SSSR count). The second-order valence-corrected chi connectivity index (χ2v) is 4.38. The number of rotatable bonds is 5. The third kappa shape index (κ3) is 2.90. The van der Waals surface area contributed by atoms with Crippen LogP contribution in [0.1, 0.15) is 16.8 Å². The second-order valence-electron chi connectivity index (χ2n) is 4.38. The minimum atomic E-state index is 0.779. The normalized spacial score (nSPS) is 10.6. The number of ether oxygens (including phenoxy) is 1. The zero-order valence-electron chi connectivity index (χ0n) is 11.1. The molecule has 1 heterocycles. The van der Waals surface area contributed by atoms with E-state index in [9.17, 15) is 0 Å². The Labute approximate surface area is 108 Å². The highest BCUT2D eigenvalue weighted by molar-refractivity contribution is 5.37. The Bertz CT molecular complexity index is 520. The van der Waals surface area contributed by atoms with E-state index in [1.807, 2.05) is 19.4 Å². The molecule has 4 nitrogen and oxygen atoms in total. The van der Waals surface area contributed by atoms with Crippen molar-refractivity contribution in [3.05, 3.63) is 47.5 Å². The van der Waals surface area contributed by atoms with Crippen LogP contribution in [0.15, 0.2) is 30.7 Å². The highest BCUT2D eigenvalue weighted by atomic mass is 16.5. The molecular weight excluding hydrogens is 226 g/mol.